The van der Waals surface area contributed by atoms with Crippen molar-refractivity contribution in [1.82, 2.24) is 0 Å². The summed E-state index contributed by atoms with van der Waals surface area (Å²) in [6.07, 6.45) is 1.01. The van der Waals surface area contributed by atoms with Crippen LogP contribution in [0.2, 0.25) is 0 Å². The van der Waals surface area contributed by atoms with Crippen LogP contribution in [-0.2, 0) is 0 Å². The van der Waals surface area contributed by atoms with Crippen molar-refractivity contribution in [2.24, 2.45) is 5.92 Å². The van der Waals surface area contributed by atoms with Crippen molar-refractivity contribution in [2.75, 3.05) is 25.1 Å². The molecule has 0 radical (unpaired) electrons. The van der Waals surface area contributed by atoms with Gasteiger partial charge in [-0.2, -0.15) is 0 Å². The second kappa shape index (κ2) is 10.5. The summed E-state index contributed by atoms with van der Waals surface area (Å²) in [6, 6.07) is 12.6. The van der Waals surface area contributed by atoms with E-state index in [1.807, 2.05) is 38.1 Å². The largest absolute Gasteiger partial charge is 0.494 e. The number of carbonyl (C=O) groups is 1. The first-order valence-corrected chi connectivity index (χ1v) is 9.47. The van der Waals surface area contributed by atoms with Gasteiger partial charge in [0.05, 0.1) is 25.4 Å². The standard InChI is InChI=1S/C22H29NO4/c1-5-25-19-11-12-20(21(15-19)26-6-2)22(24)23-17-7-9-18(10-8-17)27-14-13-16(3)4/h7-12,15-16H,5-6,13-14H2,1-4H3,(H,23,24). The highest BCUT2D eigenvalue weighted by molar-refractivity contribution is 6.06. The Balaban J connectivity index is 2.03. The summed E-state index contributed by atoms with van der Waals surface area (Å²) in [7, 11) is 0. The Morgan fingerprint density at radius 2 is 1.59 bits per heavy atom. The Labute approximate surface area is 161 Å². The molecular formula is C22H29NO4. The van der Waals surface area contributed by atoms with Crippen LogP contribution in [0.25, 0.3) is 0 Å². The van der Waals surface area contributed by atoms with Gasteiger partial charge in [-0.05, 0) is 62.6 Å². The van der Waals surface area contributed by atoms with Crippen molar-refractivity contribution < 1.29 is 19.0 Å². The number of hydrogen-bond acceptors (Lipinski definition) is 4. The Kier molecular flexibility index (Phi) is 7.99. The molecule has 0 spiro atoms. The zero-order chi connectivity index (χ0) is 19.6. The molecule has 2 rings (SSSR count). The molecule has 27 heavy (non-hydrogen) atoms. The van der Waals surface area contributed by atoms with Crippen molar-refractivity contribution >= 4 is 11.6 Å². The van der Waals surface area contributed by atoms with E-state index in [0.717, 1.165) is 12.2 Å². The predicted molar refractivity (Wildman–Crippen MR) is 108 cm³/mol. The van der Waals surface area contributed by atoms with E-state index in [2.05, 4.69) is 19.2 Å². The van der Waals surface area contributed by atoms with Crippen molar-refractivity contribution in [3.05, 3.63) is 48.0 Å². The molecule has 2 aromatic rings. The van der Waals surface area contributed by atoms with Crippen molar-refractivity contribution in [2.45, 2.75) is 34.1 Å². The zero-order valence-corrected chi connectivity index (χ0v) is 16.6. The first kappa shape index (κ1) is 20.6. The quantitative estimate of drug-likeness (QED) is 0.627. The van der Waals surface area contributed by atoms with Crippen LogP contribution in [-0.4, -0.2) is 25.7 Å². The smallest absolute Gasteiger partial charge is 0.259 e. The summed E-state index contributed by atoms with van der Waals surface area (Å²) >= 11 is 0. The highest BCUT2D eigenvalue weighted by atomic mass is 16.5. The summed E-state index contributed by atoms with van der Waals surface area (Å²) in [4.78, 5) is 12.6. The molecule has 0 saturated heterocycles. The van der Waals surface area contributed by atoms with Crippen LogP contribution in [0, 0.1) is 5.92 Å². The maximum absolute atomic E-state index is 12.6. The van der Waals surface area contributed by atoms with Crippen LogP contribution in [0.5, 0.6) is 17.2 Å². The number of hydrogen-bond donors (Lipinski definition) is 1. The first-order valence-electron chi connectivity index (χ1n) is 9.47. The van der Waals surface area contributed by atoms with E-state index in [1.54, 1.807) is 18.2 Å². The van der Waals surface area contributed by atoms with E-state index in [4.69, 9.17) is 14.2 Å². The van der Waals surface area contributed by atoms with Gasteiger partial charge in [0.25, 0.3) is 5.91 Å². The number of ether oxygens (including phenoxy) is 3. The van der Waals surface area contributed by atoms with Gasteiger partial charge in [-0.1, -0.05) is 13.8 Å². The average molecular weight is 371 g/mol. The zero-order valence-electron chi connectivity index (χ0n) is 16.6. The van der Waals surface area contributed by atoms with Gasteiger partial charge in [-0.15, -0.1) is 0 Å². The number of rotatable bonds is 10. The molecule has 0 aromatic heterocycles. The lowest BCUT2D eigenvalue weighted by Gasteiger charge is -2.13. The van der Waals surface area contributed by atoms with Crippen LogP contribution < -0.4 is 19.5 Å². The maximum Gasteiger partial charge on any atom is 0.259 e. The lowest BCUT2D eigenvalue weighted by atomic mass is 10.1. The van der Waals surface area contributed by atoms with Gasteiger partial charge in [-0.25, -0.2) is 0 Å². The molecule has 0 atom stereocenters. The van der Waals surface area contributed by atoms with Crippen LogP contribution in [0.1, 0.15) is 44.5 Å². The van der Waals surface area contributed by atoms with Crippen molar-refractivity contribution in [1.29, 1.82) is 0 Å². The summed E-state index contributed by atoms with van der Waals surface area (Å²) in [5.74, 6) is 2.37. The molecular weight excluding hydrogens is 342 g/mol. The number of carbonyl (C=O) groups excluding carboxylic acids is 1. The van der Waals surface area contributed by atoms with Crippen LogP contribution in [0.4, 0.5) is 5.69 Å². The molecule has 1 amide bonds. The highest BCUT2D eigenvalue weighted by Gasteiger charge is 2.14. The van der Waals surface area contributed by atoms with Crippen LogP contribution in [0.3, 0.4) is 0 Å². The molecule has 0 heterocycles. The number of amides is 1. The van der Waals surface area contributed by atoms with Gasteiger partial charge in [0.2, 0.25) is 0 Å². The predicted octanol–water partition coefficient (Wildman–Crippen LogP) is 5.16. The Hall–Kier alpha value is -2.69. The van der Waals surface area contributed by atoms with Gasteiger partial charge in [0.15, 0.2) is 0 Å². The fraction of sp³-hybridized carbons (Fsp3) is 0.409. The second-order valence-corrected chi connectivity index (χ2v) is 6.53. The van der Waals surface area contributed by atoms with Gasteiger partial charge >= 0.3 is 0 Å². The lowest BCUT2D eigenvalue weighted by Crippen LogP contribution is -2.14. The fourth-order valence-electron chi connectivity index (χ4n) is 2.47. The second-order valence-electron chi connectivity index (χ2n) is 6.53. The molecule has 0 saturated carbocycles. The molecule has 1 N–H and O–H groups in total. The number of nitrogens with one attached hydrogen (secondary N) is 1. The van der Waals surface area contributed by atoms with E-state index in [9.17, 15) is 4.79 Å². The van der Waals surface area contributed by atoms with Crippen LogP contribution >= 0.6 is 0 Å². The summed E-state index contributed by atoms with van der Waals surface area (Å²) in [6.45, 7) is 9.84. The Morgan fingerprint density at radius 3 is 2.22 bits per heavy atom. The number of benzene rings is 2. The minimum absolute atomic E-state index is 0.227. The molecule has 0 unspecified atom stereocenters. The van der Waals surface area contributed by atoms with Crippen molar-refractivity contribution in [3.8, 4) is 17.2 Å². The molecule has 0 aliphatic carbocycles. The van der Waals surface area contributed by atoms with E-state index >= 15 is 0 Å². The number of anilines is 1. The highest BCUT2D eigenvalue weighted by Crippen LogP contribution is 2.26. The van der Waals surface area contributed by atoms with Gasteiger partial charge in [-0.3, -0.25) is 4.79 Å². The molecule has 0 bridgehead atoms. The minimum atomic E-state index is -0.227. The normalized spacial score (nSPS) is 10.6. The van der Waals surface area contributed by atoms with Gasteiger partial charge in [0, 0.05) is 11.8 Å². The summed E-state index contributed by atoms with van der Waals surface area (Å²) in [5, 5.41) is 2.89. The first-order chi connectivity index (χ1) is 13.0. The monoisotopic (exact) mass is 371 g/mol. The van der Waals surface area contributed by atoms with Gasteiger partial charge < -0.3 is 19.5 Å². The third kappa shape index (κ3) is 6.51. The minimum Gasteiger partial charge on any atom is -0.494 e. The summed E-state index contributed by atoms with van der Waals surface area (Å²) in [5.41, 5.74) is 1.17. The van der Waals surface area contributed by atoms with Crippen molar-refractivity contribution in [3.63, 3.8) is 0 Å². The SMILES string of the molecule is CCOc1ccc(C(=O)Nc2ccc(OCCC(C)C)cc2)c(OCC)c1. The summed E-state index contributed by atoms with van der Waals surface area (Å²) < 4.78 is 16.8. The van der Waals surface area contributed by atoms with Crippen LogP contribution in [0.15, 0.2) is 42.5 Å². The van der Waals surface area contributed by atoms with Gasteiger partial charge in [0.1, 0.15) is 17.2 Å². The Morgan fingerprint density at radius 1 is 0.926 bits per heavy atom. The molecule has 146 valence electrons. The third-order valence-electron chi connectivity index (χ3n) is 3.88. The molecule has 5 nitrogen and oxygen atoms in total. The van der Waals surface area contributed by atoms with E-state index in [-0.39, 0.29) is 5.91 Å². The maximum atomic E-state index is 12.6. The van der Waals surface area contributed by atoms with E-state index in [0.29, 0.717) is 48.5 Å². The molecule has 0 aliphatic heterocycles. The van der Waals surface area contributed by atoms with E-state index < -0.39 is 0 Å². The molecule has 0 fully saturated rings. The average Bonchev–Trinajstić information content (AvgIpc) is 2.63. The molecule has 5 heteroatoms. The molecule has 0 aliphatic rings. The molecule has 2 aromatic carbocycles. The van der Waals surface area contributed by atoms with E-state index in [1.165, 1.54) is 0 Å². The third-order valence-corrected chi connectivity index (χ3v) is 3.88. The lowest BCUT2D eigenvalue weighted by molar-refractivity contribution is 0.102. The Bertz CT molecular complexity index is 726. The fourth-order valence-corrected chi connectivity index (χ4v) is 2.47. The topological polar surface area (TPSA) is 56.8 Å².